The zero-order valence-corrected chi connectivity index (χ0v) is 7.29. The van der Waals surface area contributed by atoms with Crippen LogP contribution in [0.25, 0.3) is 0 Å². The summed E-state index contributed by atoms with van der Waals surface area (Å²) in [6.45, 7) is 0. The molecule has 10 heavy (non-hydrogen) atoms. The van der Waals surface area contributed by atoms with Crippen molar-refractivity contribution >= 4 is 34.5 Å². The third-order valence-corrected chi connectivity index (χ3v) is 1.34. The molecule has 0 saturated carbocycles. The summed E-state index contributed by atoms with van der Waals surface area (Å²) in [5.74, 6) is -0.0176. The number of nitrogens with zero attached hydrogens (tertiary/aromatic N) is 1. The quantitative estimate of drug-likeness (QED) is 0.301. The Morgan fingerprint density at radius 1 is 1.50 bits per heavy atom. The molecule has 0 bridgehead atoms. The predicted molar refractivity (Wildman–Crippen MR) is 49.8 cm³/mol. The largest absolute Gasteiger partial charge is 0.404 e. The normalized spacial score (nSPS) is 13.3. The maximum Gasteiger partial charge on any atom is 0.142 e. The number of nitrogens with two attached hydrogens (primary N) is 3. The fourth-order valence-electron chi connectivity index (χ4n) is 0.359. The van der Waals surface area contributed by atoms with Gasteiger partial charge >= 0.3 is 0 Å². The molecule has 0 spiro atoms. The Balaban J connectivity index is 4.56. The first kappa shape index (κ1) is 9.21. The monoisotopic (exact) mass is 253 g/mol. The Labute approximate surface area is 72.4 Å². The minimum absolute atomic E-state index is 0.163. The van der Waals surface area contributed by atoms with E-state index < -0.39 is 0 Å². The van der Waals surface area contributed by atoms with Gasteiger partial charge in [-0.1, -0.05) is 0 Å². The molecule has 0 aliphatic heterocycles. The van der Waals surface area contributed by atoms with Crippen LogP contribution in [-0.4, -0.2) is 11.7 Å². The molecular formula is C4H8IN5. The molecular weight excluding hydrogens is 245 g/mol. The molecule has 0 fully saturated rings. The van der Waals surface area contributed by atoms with E-state index in [4.69, 9.17) is 22.6 Å². The van der Waals surface area contributed by atoms with Crippen LogP contribution in [0.2, 0.25) is 0 Å². The van der Waals surface area contributed by atoms with Gasteiger partial charge in [0.15, 0.2) is 0 Å². The summed E-state index contributed by atoms with van der Waals surface area (Å²) in [7, 11) is 0. The van der Waals surface area contributed by atoms with Crippen molar-refractivity contribution < 1.29 is 0 Å². The van der Waals surface area contributed by atoms with E-state index in [2.05, 4.69) is 3.21 Å². The molecule has 0 radical (unpaired) electrons. The van der Waals surface area contributed by atoms with Crippen molar-refractivity contribution in [1.29, 1.82) is 5.41 Å². The fourth-order valence-corrected chi connectivity index (χ4v) is 0.619. The Morgan fingerprint density at radius 2 is 2.00 bits per heavy atom. The van der Waals surface area contributed by atoms with E-state index in [0.29, 0.717) is 0 Å². The highest BCUT2D eigenvalue weighted by Crippen LogP contribution is 1.94. The van der Waals surface area contributed by atoms with Crippen LogP contribution in [0.1, 0.15) is 0 Å². The second kappa shape index (κ2) is 4.09. The minimum Gasteiger partial charge on any atom is -0.404 e. The number of rotatable bonds is 2. The third kappa shape index (κ3) is 2.21. The summed E-state index contributed by atoms with van der Waals surface area (Å²) in [4.78, 5) is 0. The summed E-state index contributed by atoms with van der Waals surface area (Å²) in [5.41, 5.74) is 15.8. The summed E-state index contributed by atoms with van der Waals surface area (Å²) >= 11 is 1.70. The first-order chi connectivity index (χ1) is 4.63. The molecule has 0 aromatic rings. The van der Waals surface area contributed by atoms with Crippen molar-refractivity contribution in [3.63, 3.8) is 0 Å². The minimum atomic E-state index is -0.180. The molecule has 0 saturated heterocycles. The molecule has 5 nitrogen and oxygen atoms in total. The molecule has 56 valence electrons. The second-order valence-electron chi connectivity index (χ2n) is 1.46. The number of nitrogens with one attached hydrogen (secondary N) is 1. The average molecular weight is 253 g/mol. The molecule has 0 unspecified atom stereocenters. The van der Waals surface area contributed by atoms with Gasteiger partial charge in [0.1, 0.15) is 11.7 Å². The van der Waals surface area contributed by atoms with E-state index in [9.17, 15) is 0 Å². The van der Waals surface area contributed by atoms with Gasteiger partial charge in [-0.05, 0) is 0 Å². The van der Waals surface area contributed by atoms with Gasteiger partial charge < -0.3 is 17.2 Å². The number of halogens is 1. The first-order valence-electron chi connectivity index (χ1n) is 2.34. The lowest BCUT2D eigenvalue weighted by atomic mass is 10.2. The topological polar surface area (TPSA) is 114 Å². The predicted octanol–water partition coefficient (Wildman–Crippen LogP) is -0.528. The molecule has 0 atom stereocenters. The van der Waals surface area contributed by atoms with E-state index in [1.165, 1.54) is 0 Å². The Kier molecular flexibility index (Phi) is 3.77. The molecule has 7 N–H and O–H groups in total. The number of hydrogen-bond acceptors (Lipinski definition) is 3. The second-order valence-corrected chi connectivity index (χ2v) is 1.95. The SMILES string of the molecule is N=C(N)C(=CN)C(N)=NI. The van der Waals surface area contributed by atoms with Crippen LogP contribution in [-0.2, 0) is 0 Å². The maximum atomic E-state index is 6.95. The molecule has 0 aromatic carbocycles. The van der Waals surface area contributed by atoms with Gasteiger partial charge in [0.25, 0.3) is 0 Å². The smallest absolute Gasteiger partial charge is 0.142 e. The fraction of sp³-hybridized carbons (Fsp3) is 0. The molecule has 6 heteroatoms. The van der Waals surface area contributed by atoms with Gasteiger partial charge in [-0.15, -0.1) is 0 Å². The highest BCUT2D eigenvalue weighted by atomic mass is 127. The highest BCUT2D eigenvalue weighted by Gasteiger charge is 2.03. The van der Waals surface area contributed by atoms with Crippen LogP contribution in [0.5, 0.6) is 0 Å². The van der Waals surface area contributed by atoms with Crippen LogP contribution < -0.4 is 17.2 Å². The van der Waals surface area contributed by atoms with Crippen LogP contribution in [0.4, 0.5) is 0 Å². The van der Waals surface area contributed by atoms with E-state index in [1.807, 2.05) is 0 Å². The van der Waals surface area contributed by atoms with Gasteiger partial charge in [0.05, 0.1) is 28.4 Å². The van der Waals surface area contributed by atoms with Crippen molar-refractivity contribution in [2.24, 2.45) is 20.4 Å². The Morgan fingerprint density at radius 3 is 2.10 bits per heavy atom. The van der Waals surface area contributed by atoms with Gasteiger partial charge in [0, 0.05) is 6.20 Å². The van der Waals surface area contributed by atoms with Crippen LogP contribution in [0, 0.1) is 5.41 Å². The van der Waals surface area contributed by atoms with Crippen molar-refractivity contribution in [3.05, 3.63) is 11.8 Å². The Hall–Kier alpha value is -0.790. The van der Waals surface area contributed by atoms with E-state index in [0.717, 1.165) is 6.20 Å². The van der Waals surface area contributed by atoms with Gasteiger partial charge in [-0.25, -0.2) is 0 Å². The maximum absolute atomic E-state index is 6.95. The van der Waals surface area contributed by atoms with Crippen molar-refractivity contribution in [1.82, 2.24) is 0 Å². The van der Waals surface area contributed by atoms with E-state index in [1.54, 1.807) is 22.9 Å². The lowest BCUT2D eigenvalue weighted by Crippen LogP contribution is -2.26. The average Bonchev–Trinajstić information content (AvgIpc) is 1.88. The zero-order valence-electron chi connectivity index (χ0n) is 5.13. The summed E-state index contributed by atoms with van der Waals surface area (Å²) in [6.07, 6.45) is 1.15. The molecule has 0 aliphatic rings. The highest BCUT2D eigenvalue weighted by molar-refractivity contribution is 14.1. The third-order valence-electron chi connectivity index (χ3n) is 0.824. The van der Waals surface area contributed by atoms with Crippen LogP contribution in [0.3, 0.4) is 0 Å². The number of amidine groups is 2. The lowest BCUT2D eigenvalue weighted by Gasteiger charge is -1.99. The summed E-state index contributed by atoms with van der Waals surface area (Å²) in [5, 5.41) is 6.95. The van der Waals surface area contributed by atoms with Crippen LogP contribution >= 0.6 is 22.9 Å². The number of hydrogen-bond donors (Lipinski definition) is 4. The first-order valence-corrected chi connectivity index (χ1v) is 3.31. The van der Waals surface area contributed by atoms with Gasteiger partial charge in [-0.2, -0.15) is 3.21 Å². The summed E-state index contributed by atoms with van der Waals surface area (Å²) in [6, 6.07) is 0. The van der Waals surface area contributed by atoms with Crippen molar-refractivity contribution in [2.75, 3.05) is 0 Å². The zero-order chi connectivity index (χ0) is 8.15. The van der Waals surface area contributed by atoms with Crippen LogP contribution in [0.15, 0.2) is 15.0 Å². The van der Waals surface area contributed by atoms with Gasteiger partial charge in [0.2, 0.25) is 0 Å². The Bertz CT molecular complexity index is 194. The molecule has 0 amide bonds. The summed E-state index contributed by atoms with van der Waals surface area (Å²) < 4.78 is 3.58. The molecule has 0 aromatic heterocycles. The van der Waals surface area contributed by atoms with E-state index in [-0.39, 0.29) is 17.2 Å². The molecule has 0 heterocycles. The lowest BCUT2D eigenvalue weighted by molar-refractivity contribution is 1.41. The standard InChI is InChI=1S/C4H8IN5/c5-10-4(9)2(1-6)3(7)8/h1H,6H2,(H3,7,8)(H2,9,10). The van der Waals surface area contributed by atoms with Gasteiger partial charge in [-0.3, -0.25) is 5.41 Å². The molecule has 0 rings (SSSR count). The van der Waals surface area contributed by atoms with Crippen molar-refractivity contribution in [3.8, 4) is 0 Å². The molecule has 0 aliphatic carbocycles. The van der Waals surface area contributed by atoms with E-state index >= 15 is 0 Å². The van der Waals surface area contributed by atoms with Crippen molar-refractivity contribution in [2.45, 2.75) is 0 Å².